The Balaban J connectivity index is 1.92. The molecule has 0 aliphatic carbocycles. The van der Waals surface area contributed by atoms with Crippen LogP contribution in [0.3, 0.4) is 0 Å². The molecule has 4 N–H and O–H groups in total. The van der Waals surface area contributed by atoms with Gasteiger partial charge >= 0.3 is 0 Å². The van der Waals surface area contributed by atoms with E-state index in [-0.39, 0.29) is 17.4 Å². The van der Waals surface area contributed by atoms with Gasteiger partial charge in [-0.3, -0.25) is 14.7 Å². The molecule has 0 radical (unpaired) electrons. The summed E-state index contributed by atoms with van der Waals surface area (Å²) in [6.07, 6.45) is 1.94. The van der Waals surface area contributed by atoms with Crippen molar-refractivity contribution < 1.29 is 4.79 Å². The second-order valence-corrected chi connectivity index (χ2v) is 8.10. The van der Waals surface area contributed by atoms with Crippen LogP contribution < -0.4 is 16.4 Å². The second kappa shape index (κ2) is 9.03. The van der Waals surface area contributed by atoms with Gasteiger partial charge in [0, 0.05) is 32.2 Å². The lowest BCUT2D eigenvalue weighted by Crippen LogP contribution is -2.47. The average Bonchev–Trinajstić information content (AvgIpc) is 2.58. The van der Waals surface area contributed by atoms with Gasteiger partial charge in [-0.25, -0.2) is 0 Å². The number of carbonyl (C=O) groups excluding carboxylic acids is 1. The number of rotatable bonds is 5. The molecule has 2 rings (SSSR count). The standard InChI is InChI=1S/C20H33N5O/c1-20(2,3)24-19(22-4)23-12-15-7-5-8-16(11-15)13-25-10-6-9-17(14-25)18(21)26/h5,7-8,11,17H,6,9-10,12-14H2,1-4H3,(H2,21,26)(H2,22,23,24). The smallest absolute Gasteiger partial charge is 0.221 e. The minimum absolute atomic E-state index is 0.0135. The molecular weight excluding hydrogens is 326 g/mol. The number of hydrogen-bond acceptors (Lipinski definition) is 3. The molecule has 1 amide bonds. The molecule has 0 saturated carbocycles. The minimum atomic E-state index is -0.176. The van der Waals surface area contributed by atoms with Crippen LogP contribution in [0, 0.1) is 5.92 Å². The zero-order chi connectivity index (χ0) is 19.2. The highest BCUT2D eigenvalue weighted by molar-refractivity contribution is 5.80. The van der Waals surface area contributed by atoms with E-state index in [9.17, 15) is 4.79 Å². The highest BCUT2D eigenvalue weighted by Crippen LogP contribution is 2.18. The second-order valence-electron chi connectivity index (χ2n) is 8.10. The van der Waals surface area contributed by atoms with Gasteiger partial charge in [0.2, 0.25) is 5.91 Å². The third kappa shape index (κ3) is 6.67. The summed E-state index contributed by atoms with van der Waals surface area (Å²) in [5, 5.41) is 6.72. The zero-order valence-electron chi connectivity index (χ0n) is 16.5. The molecule has 1 atom stereocenters. The first-order chi connectivity index (χ1) is 12.3. The first-order valence-corrected chi connectivity index (χ1v) is 9.35. The molecule has 1 heterocycles. The highest BCUT2D eigenvalue weighted by Gasteiger charge is 2.23. The largest absolute Gasteiger partial charge is 0.369 e. The summed E-state index contributed by atoms with van der Waals surface area (Å²) in [4.78, 5) is 18.0. The summed E-state index contributed by atoms with van der Waals surface area (Å²) in [5.74, 6) is 0.606. The van der Waals surface area contributed by atoms with Crippen molar-refractivity contribution in [2.24, 2.45) is 16.6 Å². The highest BCUT2D eigenvalue weighted by atomic mass is 16.1. The van der Waals surface area contributed by atoms with Gasteiger partial charge < -0.3 is 16.4 Å². The molecule has 1 aromatic carbocycles. The van der Waals surface area contributed by atoms with Crippen LogP contribution in [0.4, 0.5) is 0 Å². The van der Waals surface area contributed by atoms with E-state index < -0.39 is 0 Å². The summed E-state index contributed by atoms with van der Waals surface area (Å²) in [7, 11) is 1.78. The topological polar surface area (TPSA) is 82.8 Å². The normalized spacial score (nSPS) is 19.2. The van der Waals surface area contributed by atoms with Gasteiger partial charge in [0.1, 0.15) is 0 Å². The molecule has 26 heavy (non-hydrogen) atoms. The van der Waals surface area contributed by atoms with Crippen molar-refractivity contribution in [3.05, 3.63) is 35.4 Å². The molecule has 1 unspecified atom stereocenters. The van der Waals surface area contributed by atoms with E-state index in [1.54, 1.807) is 7.05 Å². The van der Waals surface area contributed by atoms with E-state index in [0.717, 1.165) is 38.4 Å². The Labute approximate surface area is 157 Å². The Morgan fingerprint density at radius 1 is 1.35 bits per heavy atom. The van der Waals surface area contributed by atoms with Gasteiger partial charge in [0.15, 0.2) is 5.96 Å². The van der Waals surface area contributed by atoms with E-state index in [1.165, 1.54) is 11.1 Å². The molecule has 1 aliphatic rings. The molecular formula is C20H33N5O. The van der Waals surface area contributed by atoms with Gasteiger partial charge in [-0.2, -0.15) is 0 Å². The Morgan fingerprint density at radius 2 is 2.08 bits per heavy atom. The lowest BCUT2D eigenvalue weighted by molar-refractivity contribution is -0.123. The molecule has 6 heteroatoms. The molecule has 1 saturated heterocycles. The monoisotopic (exact) mass is 359 g/mol. The van der Waals surface area contributed by atoms with Gasteiger partial charge in [-0.15, -0.1) is 0 Å². The predicted molar refractivity (Wildman–Crippen MR) is 107 cm³/mol. The van der Waals surface area contributed by atoms with Gasteiger partial charge in [-0.1, -0.05) is 24.3 Å². The van der Waals surface area contributed by atoms with Crippen LogP contribution in [0.5, 0.6) is 0 Å². The van der Waals surface area contributed by atoms with Crippen molar-refractivity contribution >= 4 is 11.9 Å². The third-order valence-corrected chi connectivity index (χ3v) is 4.48. The summed E-state index contributed by atoms with van der Waals surface area (Å²) >= 11 is 0. The van der Waals surface area contributed by atoms with Crippen molar-refractivity contribution in [3.8, 4) is 0 Å². The van der Waals surface area contributed by atoms with Crippen molar-refractivity contribution in [1.29, 1.82) is 0 Å². The van der Waals surface area contributed by atoms with Crippen molar-refractivity contribution in [2.75, 3.05) is 20.1 Å². The van der Waals surface area contributed by atoms with Crippen LogP contribution in [0.15, 0.2) is 29.3 Å². The maximum absolute atomic E-state index is 11.5. The lowest BCUT2D eigenvalue weighted by Gasteiger charge is -2.31. The summed E-state index contributed by atoms with van der Waals surface area (Å²) < 4.78 is 0. The molecule has 0 bridgehead atoms. The van der Waals surface area contributed by atoms with Gasteiger partial charge in [0.25, 0.3) is 0 Å². The van der Waals surface area contributed by atoms with Crippen molar-refractivity contribution in [1.82, 2.24) is 15.5 Å². The SMILES string of the molecule is CN=C(NCc1cccc(CN2CCCC(C(N)=O)C2)c1)NC(C)(C)C. The molecule has 1 aliphatic heterocycles. The fraction of sp³-hybridized carbons (Fsp3) is 0.600. The predicted octanol–water partition coefficient (Wildman–Crippen LogP) is 1.85. The molecule has 1 aromatic rings. The Hall–Kier alpha value is -2.08. The number of amides is 1. The lowest BCUT2D eigenvalue weighted by atomic mass is 9.97. The van der Waals surface area contributed by atoms with Crippen molar-refractivity contribution in [2.45, 2.75) is 52.2 Å². The number of piperidine rings is 1. The quantitative estimate of drug-likeness (QED) is 0.553. The van der Waals surface area contributed by atoms with Crippen molar-refractivity contribution in [3.63, 3.8) is 0 Å². The minimum Gasteiger partial charge on any atom is -0.369 e. The zero-order valence-corrected chi connectivity index (χ0v) is 16.5. The Morgan fingerprint density at radius 3 is 2.73 bits per heavy atom. The summed E-state index contributed by atoms with van der Waals surface area (Å²) in [6.45, 7) is 9.68. The first-order valence-electron chi connectivity index (χ1n) is 9.35. The fourth-order valence-corrected chi connectivity index (χ4v) is 3.25. The number of benzene rings is 1. The van der Waals surface area contributed by atoms with Crippen LogP contribution in [0.25, 0.3) is 0 Å². The molecule has 0 aromatic heterocycles. The number of guanidine groups is 1. The van der Waals surface area contributed by atoms with Crippen LogP contribution >= 0.6 is 0 Å². The van der Waals surface area contributed by atoms with Crippen LogP contribution in [-0.2, 0) is 17.9 Å². The van der Waals surface area contributed by atoms with E-state index >= 15 is 0 Å². The number of likely N-dealkylation sites (tertiary alicyclic amines) is 1. The third-order valence-electron chi connectivity index (χ3n) is 4.48. The maximum atomic E-state index is 11.5. The van der Waals surface area contributed by atoms with E-state index in [4.69, 9.17) is 5.73 Å². The number of nitrogens with two attached hydrogens (primary N) is 1. The average molecular weight is 360 g/mol. The number of aliphatic imine (C=N–C) groups is 1. The fourth-order valence-electron chi connectivity index (χ4n) is 3.25. The van der Waals surface area contributed by atoms with Gasteiger partial charge in [-0.05, 0) is 51.3 Å². The Bertz CT molecular complexity index is 635. The number of primary amides is 1. The van der Waals surface area contributed by atoms with E-state index in [2.05, 4.69) is 65.6 Å². The first kappa shape index (κ1) is 20.2. The summed E-state index contributed by atoms with van der Waals surface area (Å²) in [5.41, 5.74) is 7.92. The Kier molecular flexibility index (Phi) is 7.03. The van der Waals surface area contributed by atoms with E-state index in [1.807, 2.05) is 0 Å². The number of carbonyl (C=O) groups is 1. The maximum Gasteiger partial charge on any atom is 0.221 e. The molecule has 1 fully saturated rings. The number of hydrogen-bond donors (Lipinski definition) is 3. The van der Waals surface area contributed by atoms with E-state index in [0.29, 0.717) is 6.54 Å². The molecule has 6 nitrogen and oxygen atoms in total. The van der Waals surface area contributed by atoms with Crippen LogP contribution in [0.1, 0.15) is 44.7 Å². The number of nitrogens with zero attached hydrogens (tertiary/aromatic N) is 2. The van der Waals surface area contributed by atoms with Crippen LogP contribution in [0.2, 0.25) is 0 Å². The molecule has 0 spiro atoms. The molecule has 144 valence electrons. The van der Waals surface area contributed by atoms with Gasteiger partial charge in [0.05, 0.1) is 5.92 Å². The summed E-state index contributed by atoms with van der Waals surface area (Å²) in [6, 6.07) is 8.55. The van der Waals surface area contributed by atoms with Crippen LogP contribution in [-0.4, -0.2) is 42.4 Å². The number of nitrogens with one attached hydrogen (secondary N) is 2.